The van der Waals surface area contributed by atoms with E-state index >= 15 is 0 Å². The zero-order valence-corrected chi connectivity index (χ0v) is 19.7. The van der Waals surface area contributed by atoms with E-state index in [1.807, 2.05) is 0 Å². The Morgan fingerprint density at radius 2 is 1.08 bits per heavy atom. The molecule has 0 rings (SSSR count). The van der Waals surface area contributed by atoms with E-state index in [-0.39, 0.29) is 96.3 Å². The summed E-state index contributed by atoms with van der Waals surface area (Å²) in [5, 5.41) is 36.6. The first-order chi connectivity index (χ1) is 10.1. The van der Waals surface area contributed by atoms with E-state index in [4.69, 9.17) is 20.4 Å². The topological polar surface area (TPSA) is 158 Å². The fourth-order valence-electron chi connectivity index (χ4n) is 0.595. The molecule has 0 atom stereocenters. The number of carbonyl (C=O) groups is 2. The van der Waals surface area contributed by atoms with Crippen LogP contribution in [0.15, 0.2) is 25.0 Å². The molecule has 0 aromatic heterocycles. The van der Waals surface area contributed by atoms with Gasteiger partial charge in [0.05, 0.1) is 14.2 Å². The predicted octanol–water partition coefficient (Wildman–Crippen LogP) is 1.48. The summed E-state index contributed by atoms with van der Waals surface area (Å²) in [5.74, 6) is -0.535. The molecule has 0 saturated heterocycles. The Bertz CT molecular complexity index is 324. The van der Waals surface area contributed by atoms with Crippen LogP contribution in [0.5, 0.6) is 0 Å². The van der Waals surface area contributed by atoms with Crippen LogP contribution in [0, 0.1) is 5.92 Å². The maximum Gasteiger partial charge on any atom is 0.404 e. The van der Waals surface area contributed by atoms with Crippen molar-refractivity contribution in [3.63, 3.8) is 0 Å². The van der Waals surface area contributed by atoms with Crippen LogP contribution in [0.25, 0.3) is 0 Å². The zero-order valence-electron chi connectivity index (χ0n) is 14.0. The molecule has 0 saturated carbocycles. The monoisotopic (exact) mass is 502 g/mol. The average molecular weight is 502 g/mol. The number of ether oxygens (including phenoxy) is 2. The Kier molecular flexibility index (Phi) is 35.7. The maximum atomic E-state index is 9.99. The number of aliphatic hydroxyl groups is 2. The van der Waals surface area contributed by atoms with Gasteiger partial charge in [-0.25, -0.2) is 9.59 Å². The first-order valence-corrected chi connectivity index (χ1v) is 5.84. The molecule has 0 bridgehead atoms. The van der Waals surface area contributed by atoms with Crippen molar-refractivity contribution in [2.45, 2.75) is 6.92 Å². The van der Waals surface area contributed by atoms with E-state index in [2.05, 4.69) is 33.3 Å². The van der Waals surface area contributed by atoms with Gasteiger partial charge in [-0.05, 0) is 19.1 Å². The van der Waals surface area contributed by atoms with Crippen LogP contribution in [0.2, 0.25) is 0 Å². The number of nitrogens with one attached hydrogen (secondary N) is 2. The van der Waals surface area contributed by atoms with Crippen LogP contribution < -0.4 is 10.6 Å². The maximum absolute atomic E-state index is 9.99. The molecule has 0 unspecified atom stereocenters. The van der Waals surface area contributed by atoms with Crippen molar-refractivity contribution in [1.29, 1.82) is 0 Å². The van der Waals surface area contributed by atoms with Crippen LogP contribution >= 0.6 is 0 Å². The van der Waals surface area contributed by atoms with Crippen molar-refractivity contribution >= 4 is 12.2 Å². The summed E-state index contributed by atoms with van der Waals surface area (Å²) in [5.41, 5.74) is 0. The molecule has 2 amide bonds. The molecule has 0 aliphatic rings. The van der Waals surface area contributed by atoms with Crippen LogP contribution in [-0.2, 0) is 74.9 Å². The van der Waals surface area contributed by atoms with E-state index in [9.17, 15) is 9.59 Å². The van der Waals surface area contributed by atoms with E-state index in [0.717, 1.165) is 0 Å². The molecule has 24 heavy (non-hydrogen) atoms. The molecule has 0 fully saturated rings. The SMILES string of the molecule is C=C(O)OC.C=C(O)OC.CC(CNC(=O)O)CNC(=O)O.[Y].[Y]. The van der Waals surface area contributed by atoms with Crippen LogP contribution in [-0.4, -0.2) is 59.9 Å². The predicted molar refractivity (Wildman–Crippen MR) is 78.8 cm³/mol. The number of methoxy groups -OCH3 is 2. The molecule has 6 N–H and O–H groups in total. The smallest absolute Gasteiger partial charge is 0.404 e. The van der Waals surface area contributed by atoms with Crippen LogP contribution in [0.1, 0.15) is 6.92 Å². The third kappa shape index (κ3) is 49.6. The Morgan fingerprint density at radius 1 is 0.875 bits per heavy atom. The summed E-state index contributed by atoms with van der Waals surface area (Å²) in [6.45, 7) is 8.25. The van der Waals surface area contributed by atoms with Crippen molar-refractivity contribution in [2.24, 2.45) is 5.92 Å². The first kappa shape index (κ1) is 34.7. The molecule has 2 radical (unpaired) electrons. The summed E-state index contributed by atoms with van der Waals surface area (Å²) in [6, 6.07) is 0. The van der Waals surface area contributed by atoms with Gasteiger partial charge in [0.15, 0.2) is 0 Å². The van der Waals surface area contributed by atoms with Gasteiger partial charge in [0.1, 0.15) is 0 Å². The third-order valence-electron chi connectivity index (χ3n) is 1.67. The van der Waals surface area contributed by atoms with Gasteiger partial charge in [0.2, 0.25) is 0 Å². The van der Waals surface area contributed by atoms with Gasteiger partial charge < -0.3 is 40.5 Å². The van der Waals surface area contributed by atoms with E-state index in [1.54, 1.807) is 6.92 Å². The van der Waals surface area contributed by atoms with E-state index in [0.29, 0.717) is 0 Å². The standard InChI is InChI=1S/C6H12N2O4.2C3H6O2.2Y/c1-4(2-7-5(9)10)3-8-6(11)12;2*1-3(4)5-2;;/h4,7-8H,2-3H2,1H3,(H,9,10)(H,11,12);2*4H,1H2,2H3;;. The summed E-state index contributed by atoms with van der Waals surface area (Å²) < 4.78 is 8.22. The van der Waals surface area contributed by atoms with Crippen molar-refractivity contribution in [3.8, 4) is 0 Å². The number of carboxylic acid groups (broad SMARTS) is 2. The van der Waals surface area contributed by atoms with Gasteiger partial charge in [-0.2, -0.15) is 0 Å². The van der Waals surface area contributed by atoms with Crippen molar-refractivity contribution in [3.05, 3.63) is 25.0 Å². The minimum absolute atomic E-state index is 0. The first-order valence-electron chi connectivity index (χ1n) is 5.84. The van der Waals surface area contributed by atoms with Crippen molar-refractivity contribution < 1.29 is 105 Å². The number of rotatable bonds is 6. The van der Waals surface area contributed by atoms with Crippen molar-refractivity contribution in [2.75, 3.05) is 27.3 Å². The van der Waals surface area contributed by atoms with Crippen molar-refractivity contribution in [1.82, 2.24) is 10.6 Å². The van der Waals surface area contributed by atoms with Gasteiger partial charge in [-0.15, -0.1) is 0 Å². The largest absolute Gasteiger partial charge is 0.481 e. The second-order valence-corrected chi connectivity index (χ2v) is 3.67. The normalized spacial score (nSPS) is 7.50. The molecular formula is C12H24N2O8Y2. The van der Waals surface area contributed by atoms with E-state index < -0.39 is 12.2 Å². The quantitative estimate of drug-likeness (QED) is 0.298. The third-order valence-corrected chi connectivity index (χ3v) is 1.67. The zero-order chi connectivity index (χ0) is 18.1. The molecule has 136 valence electrons. The van der Waals surface area contributed by atoms with Gasteiger partial charge in [0.25, 0.3) is 11.9 Å². The van der Waals surface area contributed by atoms with Gasteiger partial charge in [0, 0.05) is 78.5 Å². The summed E-state index contributed by atoms with van der Waals surface area (Å²) in [4.78, 5) is 20.0. The van der Waals surface area contributed by atoms with Gasteiger partial charge >= 0.3 is 12.2 Å². The van der Waals surface area contributed by atoms with Gasteiger partial charge in [-0.1, -0.05) is 6.92 Å². The second-order valence-electron chi connectivity index (χ2n) is 3.67. The van der Waals surface area contributed by atoms with Crippen LogP contribution in [0.4, 0.5) is 9.59 Å². The molecule has 12 heteroatoms. The molecule has 0 heterocycles. The summed E-state index contributed by atoms with van der Waals surface area (Å²) in [6.07, 6.45) is -2.20. The second kappa shape index (κ2) is 24.7. The fraction of sp³-hybridized carbons (Fsp3) is 0.500. The number of hydrogen-bond acceptors (Lipinski definition) is 6. The molecule has 0 aliphatic heterocycles. The molecule has 0 aromatic rings. The number of hydrogen-bond donors (Lipinski definition) is 6. The Hall–Kier alpha value is -0.572. The average Bonchev–Trinajstić information content (AvgIpc) is 2.43. The Morgan fingerprint density at radius 3 is 1.21 bits per heavy atom. The summed E-state index contributed by atoms with van der Waals surface area (Å²) in [7, 11) is 2.70. The van der Waals surface area contributed by atoms with E-state index in [1.165, 1.54) is 14.2 Å². The minimum atomic E-state index is -1.10. The van der Waals surface area contributed by atoms with Crippen LogP contribution in [0.3, 0.4) is 0 Å². The molecule has 0 aromatic carbocycles. The molecular weight excluding hydrogens is 478 g/mol. The number of amides is 2. The summed E-state index contributed by atoms with van der Waals surface area (Å²) >= 11 is 0. The molecule has 0 spiro atoms. The Balaban J connectivity index is -0.0000000847. The minimum Gasteiger partial charge on any atom is -0.481 e. The molecule has 10 nitrogen and oxygen atoms in total. The fourth-order valence-corrected chi connectivity index (χ4v) is 0.595. The number of aliphatic hydroxyl groups excluding tert-OH is 2. The Labute approximate surface area is 191 Å². The molecule has 0 aliphatic carbocycles. The van der Waals surface area contributed by atoms with Gasteiger partial charge in [-0.3, -0.25) is 0 Å².